The number of aromatic carboxylic acids is 1. The first-order valence-electron chi connectivity index (χ1n) is 8.10. The zero-order chi connectivity index (χ0) is 19.6. The lowest BCUT2D eigenvalue weighted by molar-refractivity contribution is -0.255. The van der Waals surface area contributed by atoms with Crippen molar-refractivity contribution in [3.8, 4) is 0 Å². The third-order valence-corrected chi connectivity index (χ3v) is 7.24. The number of aryl methyl sites for hydroxylation is 1. The molecule has 1 fully saturated rings. The van der Waals surface area contributed by atoms with Crippen LogP contribution >= 0.6 is 11.3 Å². The molecule has 1 N–H and O–H groups in total. The van der Waals surface area contributed by atoms with E-state index in [9.17, 15) is 23.1 Å². The highest BCUT2D eigenvalue weighted by molar-refractivity contribution is 7.89. The van der Waals surface area contributed by atoms with Gasteiger partial charge in [0.05, 0.1) is 29.0 Å². The molecule has 2 heterocycles. The summed E-state index contributed by atoms with van der Waals surface area (Å²) in [7, 11) is -3.70. The molecule has 0 radical (unpaired) electrons. The number of ether oxygens (including phenoxy) is 1. The number of thiophene rings is 1. The summed E-state index contributed by atoms with van der Waals surface area (Å²) in [6.07, 6.45) is 0. The molecule has 0 aliphatic carbocycles. The SMILES string of the molecule is Cc1sc(C(=O)Nc2cccc(C(=O)[O-])c2)cc1S(=O)(=O)N1CCOCC1. The molecule has 144 valence electrons. The van der Waals surface area contributed by atoms with Gasteiger partial charge in [-0.3, -0.25) is 4.79 Å². The standard InChI is InChI=1S/C17H18N2O6S2/c1-11-15(27(23,24)19-5-7-25-8-6-19)10-14(26-11)16(20)18-13-4-2-3-12(9-13)17(21)22/h2-4,9-10H,5-8H2,1H3,(H,18,20)(H,21,22)/p-1. The van der Waals surface area contributed by atoms with Crippen molar-refractivity contribution in [3.63, 3.8) is 0 Å². The molecule has 0 spiro atoms. The Morgan fingerprint density at radius 1 is 1.22 bits per heavy atom. The molecule has 3 rings (SSSR count). The largest absolute Gasteiger partial charge is 0.545 e. The van der Waals surface area contributed by atoms with E-state index in [1.807, 2.05) is 0 Å². The van der Waals surface area contributed by atoms with E-state index >= 15 is 0 Å². The van der Waals surface area contributed by atoms with Crippen molar-refractivity contribution in [1.82, 2.24) is 4.31 Å². The second-order valence-corrected chi connectivity index (χ2v) is 9.03. The number of carbonyl (C=O) groups is 2. The van der Waals surface area contributed by atoms with Crippen molar-refractivity contribution < 1.29 is 27.9 Å². The molecule has 0 atom stereocenters. The highest BCUT2D eigenvalue weighted by Crippen LogP contribution is 2.29. The monoisotopic (exact) mass is 409 g/mol. The van der Waals surface area contributed by atoms with Crippen LogP contribution in [0.1, 0.15) is 24.9 Å². The number of carbonyl (C=O) groups excluding carboxylic acids is 2. The highest BCUT2D eigenvalue weighted by atomic mass is 32.2. The number of carboxylic acids is 1. The second kappa shape index (κ2) is 7.77. The smallest absolute Gasteiger partial charge is 0.265 e. The van der Waals surface area contributed by atoms with Crippen LogP contribution in [0.2, 0.25) is 0 Å². The van der Waals surface area contributed by atoms with Crippen LogP contribution in [0.4, 0.5) is 5.69 Å². The average Bonchev–Trinajstić information content (AvgIpc) is 3.05. The van der Waals surface area contributed by atoms with Gasteiger partial charge in [-0.25, -0.2) is 8.42 Å². The summed E-state index contributed by atoms with van der Waals surface area (Å²) in [4.78, 5) is 24.2. The Labute approximate surface area is 160 Å². The lowest BCUT2D eigenvalue weighted by Crippen LogP contribution is -2.40. The van der Waals surface area contributed by atoms with Crippen molar-refractivity contribution in [2.75, 3.05) is 31.6 Å². The number of anilines is 1. The molecule has 1 aromatic carbocycles. The summed E-state index contributed by atoms with van der Waals surface area (Å²) in [6.45, 7) is 2.87. The third-order valence-electron chi connectivity index (χ3n) is 4.04. The normalized spacial score (nSPS) is 15.4. The molecule has 0 unspecified atom stereocenters. The summed E-state index contributed by atoms with van der Waals surface area (Å²) in [5.74, 6) is -1.86. The predicted octanol–water partition coefficient (Wildman–Crippen LogP) is 0.693. The number of carboxylic acid groups (broad SMARTS) is 1. The van der Waals surface area contributed by atoms with Gasteiger partial charge in [-0.15, -0.1) is 11.3 Å². The van der Waals surface area contributed by atoms with Gasteiger partial charge in [0.25, 0.3) is 5.91 Å². The van der Waals surface area contributed by atoms with Crippen molar-refractivity contribution in [3.05, 3.63) is 45.6 Å². The lowest BCUT2D eigenvalue weighted by Gasteiger charge is -2.25. The van der Waals surface area contributed by atoms with E-state index in [2.05, 4.69) is 5.32 Å². The van der Waals surface area contributed by atoms with Crippen LogP contribution in [0.15, 0.2) is 35.2 Å². The van der Waals surface area contributed by atoms with Crippen LogP contribution in [-0.4, -0.2) is 50.9 Å². The number of rotatable bonds is 5. The Balaban J connectivity index is 1.82. The third kappa shape index (κ3) is 4.19. The highest BCUT2D eigenvalue weighted by Gasteiger charge is 2.30. The molecule has 10 heteroatoms. The average molecular weight is 409 g/mol. The topological polar surface area (TPSA) is 116 Å². The first-order valence-corrected chi connectivity index (χ1v) is 10.4. The number of nitrogens with zero attached hydrogens (tertiary/aromatic N) is 1. The molecule has 1 amide bonds. The number of hydrogen-bond acceptors (Lipinski definition) is 7. The minimum absolute atomic E-state index is 0.0641. The van der Waals surface area contributed by atoms with Crippen molar-refractivity contribution in [2.45, 2.75) is 11.8 Å². The van der Waals surface area contributed by atoms with Gasteiger partial charge in [-0.05, 0) is 30.7 Å². The molecule has 1 aliphatic heterocycles. The van der Waals surface area contributed by atoms with Gasteiger partial charge in [0.1, 0.15) is 0 Å². The van der Waals surface area contributed by atoms with Gasteiger partial charge in [0.2, 0.25) is 10.0 Å². The zero-order valence-electron chi connectivity index (χ0n) is 14.4. The summed E-state index contributed by atoms with van der Waals surface area (Å²) < 4.78 is 32.1. The van der Waals surface area contributed by atoms with Crippen LogP contribution in [0, 0.1) is 6.92 Å². The van der Waals surface area contributed by atoms with E-state index in [0.717, 1.165) is 11.3 Å². The van der Waals surface area contributed by atoms with E-state index < -0.39 is 21.9 Å². The molecular formula is C17H17N2O6S2-. The Kier molecular flexibility index (Phi) is 5.61. The fourth-order valence-electron chi connectivity index (χ4n) is 2.68. The lowest BCUT2D eigenvalue weighted by atomic mass is 10.2. The fourth-order valence-corrected chi connectivity index (χ4v) is 5.54. The summed E-state index contributed by atoms with van der Waals surface area (Å²) in [5, 5.41) is 13.5. The maximum absolute atomic E-state index is 12.8. The van der Waals surface area contributed by atoms with Crippen LogP contribution in [0.3, 0.4) is 0 Å². The maximum atomic E-state index is 12.8. The number of nitrogens with one attached hydrogen (secondary N) is 1. The molecule has 1 aromatic heterocycles. The molecule has 1 saturated heterocycles. The van der Waals surface area contributed by atoms with Gasteiger partial charge in [-0.1, -0.05) is 12.1 Å². The van der Waals surface area contributed by atoms with E-state index in [1.54, 1.807) is 6.92 Å². The second-order valence-electron chi connectivity index (χ2n) is 5.87. The molecule has 0 bridgehead atoms. The van der Waals surface area contributed by atoms with Gasteiger partial charge in [0.15, 0.2) is 0 Å². The number of amides is 1. The summed E-state index contributed by atoms with van der Waals surface area (Å²) >= 11 is 1.07. The van der Waals surface area contributed by atoms with Crippen molar-refractivity contribution in [2.24, 2.45) is 0 Å². The molecular weight excluding hydrogens is 392 g/mol. The van der Waals surface area contributed by atoms with Gasteiger partial charge in [-0.2, -0.15) is 4.31 Å². The molecule has 8 nitrogen and oxygen atoms in total. The number of hydrogen-bond donors (Lipinski definition) is 1. The van der Waals surface area contributed by atoms with Crippen molar-refractivity contribution >= 4 is 38.9 Å². The maximum Gasteiger partial charge on any atom is 0.265 e. The number of morpholine rings is 1. The molecule has 27 heavy (non-hydrogen) atoms. The summed E-state index contributed by atoms with van der Waals surface area (Å²) in [6, 6.07) is 7.00. The minimum atomic E-state index is -3.70. The van der Waals surface area contributed by atoms with Crippen LogP contribution in [0.5, 0.6) is 0 Å². The van der Waals surface area contributed by atoms with Crippen LogP contribution in [-0.2, 0) is 14.8 Å². The Morgan fingerprint density at radius 3 is 2.59 bits per heavy atom. The quantitative estimate of drug-likeness (QED) is 0.777. The van der Waals surface area contributed by atoms with Gasteiger partial charge in [0, 0.05) is 23.7 Å². The van der Waals surface area contributed by atoms with Crippen LogP contribution < -0.4 is 10.4 Å². The van der Waals surface area contributed by atoms with Crippen LogP contribution in [0.25, 0.3) is 0 Å². The van der Waals surface area contributed by atoms with E-state index in [1.165, 1.54) is 34.6 Å². The zero-order valence-corrected chi connectivity index (χ0v) is 16.1. The predicted molar refractivity (Wildman–Crippen MR) is 97.4 cm³/mol. The first-order chi connectivity index (χ1) is 12.8. The van der Waals surface area contributed by atoms with Crippen molar-refractivity contribution in [1.29, 1.82) is 0 Å². The minimum Gasteiger partial charge on any atom is -0.545 e. The number of benzene rings is 1. The number of sulfonamides is 1. The van der Waals surface area contributed by atoms with Gasteiger partial charge < -0.3 is 20.0 Å². The Hall–Kier alpha value is -2.27. The Bertz CT molecular complexity index is 977. The van der Waals surface area contributed by atoms with E-state index in [0.29, 0.717) is 18.1 Å². The molecule has 2 aromatic rings. The molecule has 1 aliphatic rings. The summed E-state index contributed by atoms with van der Waals surface area (Å²) in [5.41, 5.74) is 0.219. The van der Waals surface area contributed by atoms with E-state index in [4.69, 9.17) is 4.74 Å². The Morgan fingerprint density at radius 2 is 1.93 bits per heavy atom. The first kappa shape index (κ1) is 19.5. The van der Waals surface area contributed by atoms with E-state index in [-0.39, 0.29) is 34.1 Å². The fraction of sp³-hybridized carbons (Fsp3) is 0.294. The van der Waals surface area contributed by atoms with Gasteiger partial charge >= 0.3 is 0 Å². The molecule has 0 saturated carbocycles.